The molecule has 2 heteroatoms. The Hall–Kier alpha value is -1.64. The van der Waals surface area contributed by atoms with Gasteiger partial charge in [0.2, 0.25) is 0 Å². The highest BCUT2D eigenvalue weighted by Gasteiger charge is 2.09. The molecule has 0 fully saturated rings. The fraction of sp³-hybridized carbons (Fsp3) is 0.333. The second-order valence-corrected chi connectivity index (χ2v) is 5.49. The van der Waals surface area contributed by atoms with Crippen LogP contribution in [0.3, 0.4) is 0 Å². The maximum Gasteiger partial charge on any atom is 0.0639 e. The zero-order valence-corrected chi connectivity index (χ0v) is 12.3. The van der Waals surface area contributed by atoms with Gasteiger partial charge in [-0.3, -0.25) is 4.90 Å². The molecule has 1 atom stereocenters. The molecule has 0 saturated carbocycles. The second kappa shape index (κ2) is 7.22. The van der Waals surface area contributed by atoms with Crippen LogP contribution in [0.2, 0.25) is 0 Å². The Balaban J connectivity index is 2.05. The third-order valence-corrected chi connectivity index (χ3v) is 3.30. The van der Waals surface area contributed by atoms with E-state index in [-0.39, 0.29) is 6.10 Å². The average molecular weight is 269 g/mol. The summed E-state index contributed by atoms with van der Waals surface area (Å²) in [4.78, 5) is 2.28. The molecule has 2 aromatic carbocycles. The molecule has 1 N–H and O–H groups in total. The summed E-state index contributed by atoms with van der Waals surface area (Å²) in [6, 6.07) is 19.0. The molecule has 0 bridgehead atoms. The fourth-order valence-corrected chi connectivity index (χ4v) is 2.35. The van der Waals surface area contributed by atoms with Crippen LogP contribution >= 0.6 is 0 Å². The Kier molecular flexibility index (Phi) is 5.33. The van der Waals surface area contributed by atoms with Gasteiger partial charge in [0, 0.05) is 19.6 Å². The van der Waals surface area contributed by atoms with Gasteiger partial charge in [0.1, 0.15) is 0 Å². The van der Waals surface area contributed by atoms with Crippen molar-refractivity contribution in [1.82, 2.24) is 4.90 Å². The number of aliphatic hydroxyl groups is 1. The van der Waals surface area contributed by atoms with E-state index in [0.717, 1.165) is 13.1 Å². The van der Waals surface area contributed by atoms with Crippen molar-refractivity contribution in [3.63, 3.8) is 0 Å². The summed E-state index contributed by atoms with van der Waals surface area (Å²) in [5.74, 6) is 0. The quantitative estimate of drug-likeness (QED) is 0.869. The summed E-state index contributed by atoms with van der Waals surface area (Å²) in [5, 5.41) is 9.68. The zero-order chi connectivity index (χ0) is 14.4. The topological polar surface area (TPSA) is 23.5 Å². The summed E-state index contributed by atoms with van der Waals surface area (Å²) >= 11 is 0. The number of rotatable bonds is 6. The predicted octanol–water partition coefficient (Wildman–Crippen LogP) is 3.38. The zero-order valence-electron chi connectivity index (χ0n) is 12.3. The minimum Gasteiger partial charge on any atom is -0.392 e. The van der Waals surface area contributed by atoms with Crippen molar-refractivity contribution in [3.8, 4) is 0 Å². The first-order valence-corrected chi connectivity index (χ1v) is 7.13. The molecule has 0 aliphatic carbocycles. The molecular weight excluding hydrogens is 246 g/mol. The van der Waals surface area contributed by atoms with Gasteiger partial charge in [-0.15, -0.1) is 0 Å². The molecule has 20 heavy (non-hydrogen) atoms. The molecule has 0 aliphatic rings. The van der Waals surface area contributed by atoms with Gasteiger partial charge in [-0.05, 0) is 25.0 Å². The molecule has 0 spiro atoms. The van der Waals surface area contributed by atoms with Crippen molar-refractivity contribution < 1.29 is 5.11 Å². The summed E-state index contributed by atoms with van der Waals surface area (Å²) in [7, 11) is 0. The van der Waals surface area contributed by atoms with E-state index >= 15 is 0 Å². The van der Waals surface area contributed by atoms with Gasteiger partial charge in [0.05, 0.1) is 6.10 Å². The minimum atomic E-state index is -0.316. The number of hydrogen-bond acceptors (Lipinski definition) is 2. The number of benzene rings is 2. The van der Waals surface area contributed by atoms with Crippen LogP contribution in [0.1, 0.15) is 23.6 Å². The summed E-state index contributed by atoms with van der Waals surface area (Å²) < 4.78 is 0. The molecule has 1 unspecified atom stereocenters. The number of hydrogen-bond donors (Lipinski definition) is 1. The lowest BCUT2D eigenvalue weighted by atomic mass is 10.1. The first kappa shape index (κ1) is 14.8. The minimum absolute atomic E-state index is 0.316. The summed E-state index contributed by atoms with van der Waals surface area (Å²) in [6.07, 6.45) is -0.316. The highest BCUT2D eigenvalue weighted by atomic mass is 16.3. The second-order valence-electron chi connectivity index (χ2n) is 5.49. The molecule has 0 aromatic heterocycles. The Bertz CT molecular complexity index is 505. The van der Waals surface area contributed by atoms with E-state index in [2.05, 4.69) is 60.4 Å². The van der Waals surface area contributed by atoms with E-state index in [4.69, 9.17) is 0 Å². The van der Waals surface area contributed by atoms with E-state index < -0.39 is 0 Å². The van der Waals surface area contributed by atoms with Gasteiger partial charge in [-0.25, -0.2) is 0 Å². The van der Waals surface area contributed by atoms with Gasteiger partial charge in [-0.1, -0.05) is 60.2 Å². The smallest absolute Gasteiger partial charge is 0.0639 e. The molecule has 0 radical (unpaired) electrons. The fourth-order valence-electron chi connectivity index (χ4n) is 2.35. The van der Waals surface area contributed by atoms with Crippen molar-refractivity contribution in [2.45, 2.75) is 33.0 Å². The molecule has 0 saturated heterocycles. The molecule has 2 aromatic rings. The van der Waals surface area contributed by atoms with Crippen LogP contribution in [-0.4, -0.2) is 22.7 Å². The molecule has 0 aliphatic heterocycles. The molecule has 2 nitrogen and oxygen atoms in total. The Morgan fingerprint density at radius 1 is 0.900 bits per heavy atom. The van der Waals surface area contributed by atoms with Crippen LogP contribution in [0.4, 0.5) is 0 Å². The van der Waals surface area contributed by atoms with Crippen LogP contribution in [-0.2, 0) is 13.1 Å². The lowest BCUT2D eigenvalue weighted by Gasteiger charge is -2.24. The normalized spacial score (nSPS) is 12.6. The van der Waals surface area contributed by atoms with Gasteiger partial charge in [0.15, 0.2) is 0 Å². The average Bonchev–Trinajstić information content (AvgIpc) is 2.42. The number of aryl methyl sites for hydroxylation is 1. The third kappa shape index (κ3) is 4.80. The monoisotopic (exact) mass is 269 g/mol. The van der Waals surface area contributed by atoms with Crippen molar-refractivity contribution in [3.05, 3.63) is 71.3 Å². The van der Waals surface area contributed by atoms with Gasteiger partial charge >= 0.3 is 0 Å². The van der Waals surface area contributed by atoms with Crippen LogP contribution < -0.4 is 0 Å². The van der Waals surface area contributed by atoms with Gasteiger partial charge in [-0.2, -0.15) is 0 Å². The summed E-state index contributed by atoms with van der Waals surface area (Å²) in [5.41, 5.74) is 3.84. The highest BCUT2D eigenvalue weighted by molar-refractivity contribution is 5.21. The van der Waals surface area contributed by atoms with E-state index in [1.807, 2.05) is 13.0 Å². The van der Waals surface area contributed by atoms with Crippen LogP contribution in [0, 0.1) is 6.92 Å². The maximum absolute atomic E-state index is 9.68. The Morgan fingerprint density at radius 3 is 2.00 bits per heavy atom. The van der Waals surface area contributed by atoms with Crippen LogP contribution in [0.5, 0.6) is 0 Å². The number of nitrogens with zero attached hydrogens (tertiary/aromatic N) is 1. The van der Waals surface area contributed by atoms with E-state index in [1.165, 1.54) is 16.7 Å². The van der Waals surface area contributed by atoms with Crippen molar-refractivity contribution in [2.24, 2.45) is 0 Å². The van der Waals surface area contributed by atoms with Crippen molar-refractivity contribution >= 4 is 0 Å². The number of aliphatic hydroxyl groups excluding tert-OH is 1. The predicted molar refractivity (Wildman–Crippen MR) is 83.4 cm³/mol. The lowest BCUT2D eigenvalue weighted by Crippen LogP contribution is -2.30. The summed E-state index contributed by atoms with van der Waals surface area (Å²) in [6.45, 7) is 6.34. The van der Waals surface area contributed by atoms with E-state index in [9.17, 15) is 5.11 Å². The lowest BCUT2D eigenvalue weighted by molar-refractivity contribution is 0.118. The first-order chi connectivity index (χ1) is 9.63. The van der Waals surface area contributed by atoms with Crippen LogP contribution in [0.25, 0.3) is 0 Å². The highest BCUT2D eigenvalue weighted by Crippen LogP contribution is 2.11. The molecule has 0 amide bonds. The first-order valence-electron chi connectivity index (χ1n) is 7.13. The van der Waals surface area contributed by atoms with E-state index in [1.54, 1.807) is 0 Å². The van der Waals surface area contributed by atoms with Gasteiger partial charge in [0.25, 0.3) is 0 Å². The van der Waals surface area contributed by atoms with E-state index in [0.29, 0.717) is 6.54 Å². The maximum atomic E-state index is 9.68. The Labute approximate surface area is 121 Å². The molecule has 106 valence electrons. The van der Waals surface area contributed by atoms with Crippen molar-refractivity contribution in [2.75, 3.05) is 6.54 Å². The third-order valence-electron chi connectivity index (χ3n) is 3.30. The van der Waals surface area contributed by atoms with Crippen LogP contribution in [0.15, 0.2) is 54.6 Å². The Morgan fingerprint density at radius 2 is 1.45 bits per heavy atom. The SMILES string of the molecule is Cc1ccc(CN(Cc2ccccc2)CC(C)O)cc1. The van der Waals surface area contributed by atoms with Crippen molar-refractivity contribution in [1.29, 1.82) is 0 Å². The molecule has 0 heterocycles. The molecular formula is C18H23NO. The standard InChI is InChI=1S/C18H23NO/c1-15-8-10-18(11-9-15)14-19(12-16(2)20)13-17-6-4-3-5-7-17/h3-11,16,20H,12-14H2,1-2H3. The molecule has 2 rings (SSSR count). The largest absolute Gasteiger partial charge is 0.392 e. The van der Waals surface area contributed by atoms with Gasteiger partial charge < -0.3 is 5.11 Å².